The fourth-order valence-corrected chi connectivity index (χ4v) is 3.20. The second-order valence-corrected chi connectivity index (χ2v) is 7.62. The summed E-state index contributed by atoms with van der Waals surface area (Å²) in [7, 11) is 0. The van der Waals surface area contributed by atoms with Crippen LogP contribution in [0.5, 0.6) is 0 Å². The monoisotopic (exact) mass is 284 g/mol. The number of aliphatic hydroxyl groups excluding tert-OH is 1. The number of rotatable bonds is 8. The Kier molecular flexibility index (Phi) is 8.13. The Hall–Kier alpha value is -0.0800. The van der Waals surface area contributed by atoms with Gasteiger partial charge >= 0.3 is 0 Å². The Morgan fingerprint density at radius 1 is 1.00 bits per heavy atom. The maximum atomic E-state index is 10.1. The fraction of sp³-hybridized carbons (Fsp3) is 1.00. The van der Waals surface area contributed by atoms with Gasteiger partial charge in [-0.25, -0.2) is 0 Å². The van der Waals surface area contributed by atoms with E-state index in [4.69, 9.17) is 4.74 Å². The second-order valence-electron chi connectivity index (χ2n) is 7.62. The van der Waals surface area contributed by atoms with E-state index in [1.165, 1.54) is 32.1 Å². The van der Waals surface area contributed by atoms with Gasteiger partial charge < -0.3 is 9.84 Å². The van der Waals surface area contributed by atoms with Crippen LogP contribution in [0.2, 0.25) is 0 Å². The van der Waals surface area contributed by atoms with Gasteiger partial charge in [0.2, 0.25) is 0 Å². The molecule has 1 aliphatic carbocycles. The summed E-state index contributed by atoms with van der Waals surface area (Å²) in [6.07, 6.45) is 10.7. The van der Waals surface area contributed by atoms with Crippen molar-refractivity contribution in [2.45, 2.75) is 97.7 Å². The van der Waals surface area contributed by atoms with E-state index in [1.807, 2.05) is 0 Å². The highest BCUT2D eigenvalue weighted by Gasteiger charge is 2.35. The maximum Gasteiger partial charge on any atom is 0.0836 e. The van der Waals surface area contributed by atoms with Gasteiger partial charge in [-0.1, -0.05) is 59.8 Å². The summed E-state index contributed by atoms with van der Waals surface area (Å²) >= 11 is 0. The van der Waals surface area contributed by atoms with E-state index < -0.39 is 0 Å². The molecule has 1 N–H and O–H groups in total. The molecular weight excluding hydrogens is 248 g/mol. The lowest BCUT2D eigenvalue weighted by Crippen LogP contribution is -2.40. The standard InChI is InChI=1S/C18H36O2/c1-5-6-7-8-9-10-13-20-17-14-15(18(2,3)4)11-12-16(17)19/h15-17,19H,5-14H2,1-4H3. The molecule has 0 aromatic heterocycles. The summed E-state index contributed by atoms with van der Waals surface area (Å²) < 4.78 is 5.98. The molecule has 0 spiro atoms. The van der Waals surface area contributed by atoms with Crippen molar-refractivity contribution in [2.75, 3.05) is 6.61 Å². The van der Waals surface area contributed by atoms with Crippen LogP contribution in [-0.4, -0.2) is 23.9 Å². The van der Waals surface area contributed by atoms with Crippen LogP contribution in [-0.2, 0) is 4.74 Å². The zero-order valence-electron chi connectivity index (χ0n) is 14.2. The van der Waals surface area contributed by atoms with E-state index in [-0.39, 0.29) is 12.2 Å². The van der Waals surface area contributed by atoms with Crippen LogP contribution in [0.15, 0.2) is 0 Å². The highest BCUT2D eigenvalue weighted by molar-refractivity contribution is 4.86. The van der Waals surface area contributed by atoms with Crippen molar-refractivity contribution in [3.63, 3.8) is 0 Å². The Morgan fingerprint density at radius 2 is 1.65 bits per heavy atom. The van der Waals surface area contributed by atoms with Crippen LogP contribution < -0.4 is 0 Å². The Labute approximate surface area is 126 Å². The third-order valence-corrected chi connectivity index (χ3v) is 4.81. The molecular formula is C18H36O2. The topological polar surface area (TPSA) is 29.5 Å². The van der Waals surface area contributed by atoms with Gasteiger partial charge in [0.05, 0.1) is 12.2 Å². The number of ether oxygens (including phenoxy) is 1. The summed E-state index contributed by atoms with van der Waals surface area (Å²) in [4.78, 5) is 0. The zero-order valence-corrected chi connectivity index (χ0v) is 14.2. The first-order chi connectivity index (χ1) is 9.45. The smallest absolute Gasteiger partial charge is 0.0836 e. The minimum Gasteiger partial charge on any atom is -0.390 e. The average Bonchev–Trinajstić information content (AvgIpc) is 2.38. The minimum atomic E-state index is -0.242. The lowest BCUT2D eigenvalue weighted by Gasteiger charge is -2.39. The van der Waals surface area contributed by atoms with Crippen molar-refractivity contribution in [1.82, 2.24) is 0 Å². The van der Waals surface area contributed by atoms with Gasteiger partial charge in [0.1, 0.15) is 0 Å². The third kappa shape index (κ3) is 6.58. The first kappa shape index (κ1) is 18.0. The molecule has 3 unspecified atom stereocenters. The largest absolute Gasteiger partial charge is 0.390 e. The summed E-state index contributed by atoms with van der Waals surface area (Å²) in [5.74, 6) is 0.681. The van der Waals surface area contributed by atoms with E-state index in [9.17, 15) is 5.11 Å². The third-order valence-electron chi connectivity index (χ3n) is 4.81. The molecule has 0 saturated heterocycles. The molecule has 120 valence electrons. The lowest BCUT2D eigenvalue weighted by molar-refractivity contribution is -0.0844. The minimum absolute atomic E-state index is 0.0728. The predicted octanol–water partition coefficient (Wildman–Crippen LogP) is 4.94. The van der Waals surface area contributed by atoms with Crippen molar-refractivity contribution >= 4 is 0 Å². The van der Waals surface area contributed by atoms with Gasteiger partial charge in [-0.15, -0.1) is 0 Å². The quantitative estimate of drug-likeness (QED) is 0.640. The number of aliphatic hydroxyl groups is 1. The highest BCUT2D eigenvalue weighted by Crippen LogP contribution is 2.38. The first-order valence-corrected chi connectivity index (χ1v) is 8.74. The van der Waals surface area contributed by atoms with E-state index >= 15 is 0 Å². The van der Waals surface area contributed by atoms with E-state index in [0.717, 1.165) is 32.3 Å². The molecule has 1 saturated carbocycles. The van der Waals surface area contributed by atoms with Gasteiger partial charge in [-0.05, 0) is 37.0 Å². The number of hydrogen-bond donors (Lipinski definition) is 1. The molecule has 0 aromatic carbocycles. The van der Waals surface area contributed by atoms with Crippen molar-refractivity contribution in [1.29, 1.82) is 0 Å². The van der Waals surface area contributed by atoms with Crippen LogP contribution in [0, 0.1) is 11.3 Å². The molecule has 2 nitrogen and oxygen atoms in total. The van der Waals surface area contributed by atoms with Crippen LogP contribution in [0.3, 0.4) is 0 Å². The SMILES string of the molecule is CCCCCCCCOC1CC(C(C)(C)C)CCC1O. The normalized spacial score (nSPS) is 27.8. The summed E-state index contributed by atoms with van der Waals surface area (Å²) in [6, 6.07) is 0. The fourth-order valence-electron chi connectivity index (χ4n) is 3.20. The predicted molar refractivity (Wildman–Crippen MR) is 85.9 cm³/mol. The molecule has 0 heterocycles. The Bertz CT molecular complexity index is 244. The van der Waals surface area contributed by atoms with E-state index in [1.54, 1.807) is 0 Å². The van der Waals surface area contributed by atoms with Crippen LogP contribution in [0.25, 0.3) is 0 Å². The lowest BCUT2D eigenvalue weighted by atomic mass is 9.71. The Balaban J connectivity index is 2.17. The van der Waals surface area contributed by atoms with Gasteiger partial charge in [0, 0.05) is 6.61 Å². The molecule has 0 amide bonds. The van der Waals surface area contributed by atoms with Gasteiger partial charge in [0.15, 0.2) is 0 Å². The number of hydrogen-bond acceptors (Lipinski definition) is 2. The summed E-state index contributed by atoms with van der Waals surface area (Å²) in [5.41, 5.74) is 0.335. The van der Waals surface area contributed by atoms with Crippen molar-refractivity contribution in [3.8, 4) is 0 Å². The van der Waals surface area contributed by atoms with Crippen molar-refractivity contribution in [3.05, 3.63) is 0 Å². The maximum absolute atomic E-state index is 10.1. The molecule has 0 aliphatic heterocycles. The molecule has 0 radical (unpaired) electrons. The first-order valence-electron chi connectivity index (χ1n) is 8.74. The van der Waals surface area contributed by atoms with Crippen LogP contribution >= 0.6 is 0 Å². The molecule has 0 aromatic rings. The highest BCUT2D eigenvalue weighted by atomic mass is 16.5. The van der Waals surface area contributed by atoms with Crippen molar-refractivity contribution < 1.29 is 9.84 Å². The van der Waals surface area contributed by atoms with E-state index in [2.05, 4.69) is 27.7 Å². The molecule has 20 heavy (non-hydrogen) atoms. The molecule has 0 bridgehead atoms. The summed E-state index contributed by atoms with van der Waals surface area (Å²) in [5, 5.41) is 10.1. The van der Waals surface area contributed by atoms with Crippen LogP contribution in [0.1, 0.15) is 85.5 Å². The molecule has 3 atom stereocenters. The average molecular weight is 284 g/mol. The van der Waals surface area contributed by atoms with Crippen molar-refractivity contribution in [2.24, 2.45) is 11.3 Å². The van der Waals surface area contributed by atoms with Gasteiger partial charge in [0.25, 0.3) is 0 Å². The second kappa shape index (κ2) is 9.04. The molecule has 1 rings (SSSR count). The molecule has 2 heteroatoms. The summed E-state index contributed by atoms with van der Waals surface area (Å²) in [6.45, 7) is 9.99. The van der Waals surface area contributed by atoms with Gasteiger partial charge in [-0.2, -0.15) is 0 Å². The van der Waals surface area contributed by atoms with E-state index in [0.29, 0.717) is 11.3 Å². The number of unbranched alkanes of at least 4 members (excludes halogenated alkanes) is 5. The Morgan fingerprint density at radius 3 is 2.30 bits per heavy atom. The van der Waals surface area contributed by atoms with Crippen LogP contribution in [0.4, 0.5) is 0 Å². The van der Waals surface area contributed by atoms with Gasteiger partial charge in [-0.3, -0.25) is 0 Å². The molecule has 1 aliphatic rings. The zero-order chi connectivity index (χ0) is 15.0. The molecule has 1 fully saturated rings.